The molecular weight excluding hydrogens is 240 g/mol. The fraction of sp³-hybridized carbons (Fsp3) is 0.545. The normalized spacial score (nSPS) is 15.8. The van der Waals surface area contributed by atoms with Crippen molar-refractivity contribution in [2.45, 2.75) is 32.1 Å². The molecular formula is C11H15ClN4O. The van der Waals surface area contributed by atoms with Gasteiger partial charge in [0.25, 0.3) is 0 Å². The first kappa shape index (κ1) is 12.1. The zero-order valence-electron chi connectivity index (χ0n) is 9.45. The average molecular weight is 255 g/mol. The van der Waals surface area contributed by atoms with Crippen molar-refractivity contribution in [2.75, 3.05) is 5.43 Å². The van der Waals surface area contributed by atoms with Crippen LogP contribution in [0.2, 0.25) is 5.15 Å². The number of aromatic nitrogens is 2. The Labute approximate surface area is 105 Å². The molecule has 0 aromatic carbocycles. The van der Waals surface area contributed by atoms with Crippen LogP contribution in [-0.2, 0) is 4.79 Å². The second-order valence-corrected chi connectivity index (χ2v) is 4.58. The molecule has 0 atom stereocenters. The van der Waals surface area contributed by atoms with Gasteiger partial charge in [0.15, 0.2) is 11.0 Å². The van der Waals surface area contributed by atoms with Gasteiger partial charge in [-0.25, -0.2) is 9.97 Å². The monoisotopic (exact) mass is 254 g/mol. The average Bonchev–Trinajstić information content (AvgIpc) is 2.81. The molecule has 1 aromatic heterocycles. The van der Waals surface area contributed by atoms with E-state index in [0.29, 0.717) is 18.2 Å². The second-order valence-electron chi connectivity index (χ2n) is 4.22. The molecule has 0 bridgehead atoms. The van der Waals surface area contributed by atoms with Gasteiger partial charge in [0, 0.05) is 18.8 Å². The van der Waals surface area contributed by atoms with Crippen LogP contribution < -0.4 is 10.9 Å². The first-order chi connectivity index (χ1) is 8.25. The molecule has 0 aliphatic heterocycles. The Kier molecular flexibility index (Phi) is 4.14. The molecule has 1 aromatic rings. The molecule has 1 aliphatic carbocycles. The van der Waals surface area contributed by atoms with E-state index in [0.717, 1.165) is 12.8 Å². The summed E-state index contributed by atoms with van der Waals surface area (Å²) in [5.74, 6) is 0.863. The number of halogens is 1. The van der Waals surface area contributed by atoms with Crippen LogP contribution >= 0.6 is 11.6 Å². The highest BCUT2D eigenvalue weighted by Gasteiger charge is 2.18. The fourth-order valence-corrected chi connectivity index (χ4v) is 2.21. The predicted molar refractivity (Wildman–Crippen MR) is 65.4 cm³/mol. The number of hydrogen-bond donors (Lipinski definition) is 2. The van der Waals surface area contributed by atoms with Gasteiger partial charge in [-0.2, -0.15) is 0 Å². The van der Waals surface area contributed by atoms with Crippen LogP contribution in [0.4, 0.5) is 5.82 Å². The van der Waals surface area contributed by atoms with E-state index in [9.17, 15) is 4.79 Å². The number of hydrazine groups is 1. The number of anilines is 1. The quantitative estimate of drug-likeness (QED) is 0.808. The van der Waals surface area contributed by atoms with Crippen LogP contribution in [0.25, 0.3) is 0 Å². The van der Waals surface area contributed by atoms with Gasteiger partial charge in [0.05, 0.1) is 0 Å². The number of nitrogens with one attached hydrogen (secondary N) is 2. The lowest BCUT2D eigenvalue weighted by Crippen LogP contribution is -2.31. The SMILES string of the molecule is O=C(CC1CCCC1)NNc1nccnc1Cl. The van der Waals surface area contributed by atoms with Crippen LogP contribution in [0.3, 0.4) is 0 Å². The number of amides is 1. The van der Waals surface area contributed by atoms with Gasteiger partial charge >= 0.3 is 0 Å². The number of hydrogen-bond acceptors (Lipinski definition) is 4. The largest absolute Gasteiger partial charge is 0.279 e. The Hall–Kier alpha value is -1.36. The maximum absolute atomic E-state index is 11.6. The van der Waals surface area contributed by atoms with E-state index in [1.54, 1.807) is 0 Å². The minimum Gasteiger partial charge on any atom is -0.279 e. The van der Waals surface area contributed by atoms with Crippen molar-refractivity contribution in [3.8, 4) is 0 Å². The lowest BCUT2D eigenvalue weighted by Gasteiger charge is -2.11. The molecule has 0 saturated heterocycles. The molecule has 92 valence electrons. The van der Waals surface area contributed by atoms with Crippen LogP contribution in [0.1, 0.15) is 32.1 Å². The van der Waals surface area contributed by atoms with E-state index >= 15 is 0 Å². The molecule has 5 nitrogen and oxygen atoms in total. The van der Waals surface area contributed by atoms with E-state index < -0.39 is 0 Å². The molecule has 17 heavy (non-hydrogen) atoms. The molecule has 1 aliphatic rings. The third-order valence-corrected chi connectivity index (χ3v) is 3.20. The zero-order valence-corrected chi connectivity index (χ0v) is 10.2. The van der Waals surface area contributed by atoms with Crippen LogP contribution in [0, 0.1) is 5.92 Å². The topological polar surface area (TPSA) is 66.9 Å². The molecule has 0 radical (unpaired) electrons. The molecule has 2 rings (SSSR count). The molecule has 1 fully saturated rings. The van der Waals surface area contributed by atoms with Crippen molar-refractivity contribution in [2.24, 2.45) is 5.92 Å². The molecule has 1 amide bonds. The summed E-state index contributed by atoms with van der Waals surface area (Å²) in [5.41, 5.74) is 5.27. The van der Waals surface area contributed by atoms with E-state index in [1.165, 1.54) is 25.2 Å². The van der Waals surface area contributed by atoms with Gasteiger partial charge in [-0.05, 0) is 18.8 Å². The standard InChI is InChI=1S/C11H15ClN4O/c12-10-11(14-6-5-13-10)16-15-9(17)7-8-3-1-2-4-8/h5-6,8H,1-4,7H2,(H,14,16)(H,15,17). The van der Waals surface area contributed by atoms with Gasteiger partial charge < -0.3 is 0 Å². The van der Waals surface area contributed by atoms with Crippen molar-refractivity contribution in [3.63, 3.8) is 0 Å². The number of rotatable bonds is 4. The van der Waals surface area contributed by atoms with Crippen molar-refractivity contribution in [1.82, 2.24) is 15.4 Å². The van der Waals surface area contributed by atoms with Gasteiger partial charge in [-0.15, -0.1) is 0 Å². The zero-order chi connectivity index (χ0) is 12.1. The minimum atomic E-state index is -0.0291. The summed E-state index contributed by atoms with van der Waals surface area (Å²) < 4.78 is 0. The van der Waals surface area contributed by atoms with Crippen molar-refractivity contribution < 1.29 is 4.79 Å². The third-order valence-electron chi connectivity index (χ3n) is 2.92. The molecule has 6 heteroatoms. The maximum atomic E-state index is 11.6. The number of carbonyl (C=O) groups excluding carboxylic acids is 1. The van der Waals surface area contributed by atoms with E-state index in [-0.39, 0.29) is 11.1 Å². The number of carbonyl (C=O) groups is 1. The molecule has 0 spiro atoms. The van der Waals surface area contributed by atoms with E-state index in [1.807, 2.05) is 0 Å². The lowest BCUT2D eigenvalue weighted by molar-refractivity contribution is -0.121. The summed E-state index contributed by atoms with van der Waals surface area (Å²) in [4.78, 5) is 19.4. The van der Waals surface area contributed by atoms with Gasteiger partial charge in [0.2, 0.25) is 5.91 Å². The molecule has 1 heterocycles. The Morgan fingerprint density at radius 1 is 1.35 bits per heavy atom. The van der Waals surface area contributed by atoms with Crippen LogP contribution in [0.15, 0.2) is 12.4 Å². The van der Waals surface area contributed by atoms with E-state index in [4.69, 9.17) is 11.6 Å². The Morgan fingerprint density at radius 3 is 2.76 bits per heavy atom. The summed E-state index contributed by atoms with van der Waals surface area (Å²) in [5, 5.41) is 0.244. The summed E-state index contributed by atoms with van der Waals surface area (Å²) in [6, 6.07) is 0. The van der Waals surface area contributed by atoms with Crippen molar-refractivity contribution in [3.05, 3.63) is 17.5 Å². The minimum absolute atomic E-state index is 0.0291. The summed E-state index contributed by atoms with van der Waals surface area (Å²) in [7, 11) is 0. The highest BCUT2D eigenvalue weighted by molar-refractivity contribution is 6.31. The highest BCUT2D eigenvalue weighted by atomic mass is 35.5. The van der Waals surface area contributed by atoms with Crippen LogP contribution in [0.5, 0.6) is 0 Å². The maximum Gasteiger partial charge on any atom is 0.238 e. The summed E-state index contributed by atoms with van der Waals surface area (Å²) >= 11 is 5.79. The van der Waals surface area contributed by atoms with Crippen LogP contribution in [-0.4, -0.2) is 15.9 Å². The Bertz CT molecular complexity index is 393. The van der Waals surface area contributed by atoms with Crippen molar-refractivity contribution >= 4 is 23.3 Å². The lowest BCUT2D eigenvalue weighted by atomic mass is 10.0. The Morgan fingerprint density at radius 2 is 2.06 bits per heavy atom. The third kappa shape index (κ3) is 3.56. The van der Waals surface area contributed by atoms with Gasteiger partial charge in [-0.3, -0.25) is 15.6 Å². The fourth-order valence-electron chi connectivity index (χ4n) is 2.06. The molecule has 2 N–H and O–H groups in total. The van der Waals surface area contributed by atoms with Gasteiger partial charge in [-0.1, -0.05) is 24.4 Å². The first-order valence-electron chi connectivity index (χ1n) is 5.77. The smallest absolute Gasteiger partial charge is 0.238 e. The summed E-state index contributed by atoms with van der Waals surface area (Å²) in [6.45, 7) is 0. The summed E-state index contributed by atoms with van der Waals surface area (Å²) in [6.07, 6.45) is 8.34. The molecule has 1 saturated carbocycles. The highest BCUT2D eigenvalue weighted by Crippen LogP contribution is 2.27. The molecule has 0 unspecified atom stereocenters. The Balaban J connectivity index is 1.77. The predicted octanol–water partition coefficient (Wildman–Crippen LogP) is 2.15. The first-order valence-corrected chi connectivity index (χ1v) is 6.15. The van der Waals surface area contributed by atoms with E-state index in [2.05, 4.69) is 20.8 Å². The second kappa shape index (κ2) is 5.82. The number of nitrogens with zero attached hydrogens (tertiary/aromatic N) is 2. The van der Waals surface area contributed by atoms with Gasteiger partial charge in [0.1, 0.15) is 0 Å². The van der Waals surface area contributed by atoms with Crippen molar-refractivity contribution in [1.29, 1.82) is 0 Å².